The van der Waals surface area contributed by atoms with Gasteiger partial charge in [0, 0.05) is 18.7 Å². The van der Waals surface area contributed by atoms with E-state index in [9.17, 15) is 10.1 Å². The highest BCUT2D eigenvalue weighted by atomic mass is 35.5. The number of halogens is 2. The molecule has 1 heterocycles. The number of nitrogens with zero attached hydrogens (tertiary/aromatic N) is 1. The summed E-state index contributed by atoms with van der Waals surface area (Å²) in [7, 11) is 0. The SMILES string of the molecule is O=[N+]([O-])c1cc(Cl)c(Cl)cc1O[C@H]1CCNC1. The average molecular weight is 277 g/mol. The summed E-state index contributed by atoms with van der Waals surface area (Å²) in [6.45, 7) is 1.52. The number of ether oxygens (including phenoxy) is 1. The van der Waals surface area contributed by atoms with E-state index >= 15 is 0 Å². The van der Waals surface area contributed by atoms with Gasteiger partial charge in [0.2, 0.25) is 0 Å². The first-order chi connectivity index (χ1) is 8.08. The first-order valence-electron chi connectivity index (χ1n) is 5.08. The predicted molar refractivity (Wildman–Crippen MR) is 65.0 cm³/mol. The quantitative estimate of drug-likeness (QED) is 0.681. The van der Waals surface area contributed by atoms with Gasteiger partial charge in [-0.1, -0.05) is 23.2 Å². The largest absolute Gasteiger partial charge is 0.482 e. The van der Waals surface area contributed by atoms with Gasteiger partial charge in [0.1, 0.15) is 6.10 Å². The molecule has 1 fully saturated rings. The van der Waals surface area contributed by atoms with E-state index in [2.05, 4.69) is 5.32 Å². The topological polar surface area (TPSA) is 64.4 Å². The normalized spacial score (nSPS) is 19.3. The van der Waals surface area contributed by atoms with Gasteiger partial charge < -0.3 is 10.1 Å². The minimum absolute atomic E-state index is 0.0639. The van der Waals surface area contributed by atoms with Crippen molar-refractivity contribution in [1.82, 2.24) is 5.32 Å². The standard InChI is InChI=1S/C10H10Cl2N2O3/c11-7-3-9(14(15)16)10(4-8(7)12)17-6-1-2-13-5-6/h3-4,6,13H,1-2,5H2/t6-/m0/s1. The van der Waals surface area contributed by atoms with E-state index in [1.54, 1.807) is 0 Å². The molecule has 0 amide bonds. The van der Waals surface area contributed by atoms with E-state index in [0.717, 1.165) is 13.0 Å². The molecule has 1 N–H and O–H groups in total. The van der Waals surface area contributed by atoms with Gasteiger partial charge >= 0.3 is 5.69 Å². The lowest BCUT2D eigenvalue weighted by Gasteiger charge is -2.13. The molecule has 5 nitrogen and oxygen atoms in total. The van der Waals surface area contributed by atoms with Gasteiger partial charge in [-0.2, -0.15) is 0 Å². The molecule has 1 aliphatic rings. The van der Waals surface area contributed by atoms with Crippen molar-refractivity contribution < 1.29 is 9.66 Å². The van der Waals surface area contributed by atoms with E-state index < -0.39 is 4.92 Å². The Labute approximate surface area is 108 Å². The molecule has 7 heteroatoms. The fourth-order valence-corrected chi connectivity index (χ4v) is 1.98. The van der Waals surface area contributed by atoms with E-state index in [0.29, 0.717) is 6.54 Å². The van der Waals surface area contributed by atoms with Crippen molar-refractivity contribution in [2.45, 2.75) is 12.5 Å². The number of benzene rings is 1. The maximum absolute atomic E-state index is 10.9. The molecule has 17 heavy (non-hydrogen) atoms. The second kappa shape index (κ2) is 5.08. The van der Waals surface area contributed by atoms with Crippen molar-refractivity contribution >= 4 is 28.9 Å². The zero-order valence-corrected chi connectivity index (χ0v) is 10.3. The molecule has 0 bridgehead atoms. The Kier molecular flexibility index (Phi) is 3.71. The Bertz CT molecular complexity index is 447. The van der Waals surface area contributed by atoms with Crippen LogP contribution in [-0.4, -0.2) is 24.1 Å². The number of nitro groups is 1. The molecule has 1 aromatic carbocycles. The second-order valence-corrected chi connectivity index (χ2v) is 4.54. The van der Waals surface area contributed by atoms with Gasteiger partial charge in [0.25, 0.3) is 0 Å². The van der Waals surface area contributed by atoms with Crippen LogP contribution in [0.3, 0.4) is 0 Å². The zero-order chi connectivity index (χ0) is 12.4. The Morgan fingerprint density at radius 1 is 1.41 bits per heavy atom. The Hall–Kier alpha value is -1.04. The lowest BCUT2D eigenvalue weighted by Crippen LogP contribution is -2.20. The van der Waals surface area contributed by atoms with Crippen LogP contribution in [0.15, 0.2) is 12.1 Å². The van der Waals surface area contributed by atoms with E-state index in [1.165, 1.54) is 12.1 Å². The van der Waals surface area contributed by atoms with Gasteiger partial charge in [0.15, 0.2) is 5.75 Å². The molecule has 1 saturated heterocycles. The summed E-state index contributed by atoms with van der Waals surface area (Å²) >= 11 is 11.6. The Morgan fingerprint density at radius 2 is 2.12 bits per heavy atom. The van der Waals surface area contributed by atoms with Gasteiger partial charge in [-0.3, -0.25) is 10.1 Å². The molecule has 1 aromatic rings. The summed E-state index contributed by atoms with van der Waals surface area (Å²) in [6.07, 6.45) is 0.753. The number of hydrogen-bond donors (Lipinski definition) is 1. The van der Waals surface area contributed by atoms with Crippen molar-refractivity contribution in [3.05, 3.63) is 32.3 Å². The van der Waals surface area contributed by atoms with Crippen LogP contribution >= 0.6 is 23.2 Å². The van der Waals surface area contributed by atoms with Crippen molar-refractivity contribution in [2.24, 2.45) is 0 Å². The van der Waals surface area contributed by atoms with Gasteiger partial charge in [-0.15, -0.1) is 0 Å². The van der Waals surface area contributed by atoms with Crippen LogP contribution in [0.5, 0.6) is 5.75 Å². The molecular weight excluding hydrogens is 267 g/mol. The first-order valence-corrected chi connectivity index (χ1v) is 5.84. The highest BCUT2D eigenvalue weighted by molar-refractivity contribution is 6.42. The molecule has 0 spiro atoms. The van der Waals surface area contributed by atoms with Gasteiger partial charge in [-0.05, 0) is 13.0 Å². The fourth-order valence-electron chi connectivity index (χ4n) is 1.66. The lowest BCUT2D eigenvalue weighted by molar-refractivity contribution is -0.386. The van der Waals surface area contributed by atoms with Crippen LogP contribution in [0.25, 0.3) is 0 Å². The van der Waals surface area contributed by atoms with Gasteiger partial charge in [0.05, 0.1) is 15.0 Å². The van der Waals surface area contributed by atoms with Crippen molar-refractivity contribution in [3.63, 3.8) is 0 Å². The average Bonchev–Trinajstić information content (AvgIpc) is 2.75. The van der Waals surface area contributed by atoms with E-state index in [4.69, 9.17) is 27.9 Å². The van der Waals surface area contributed by atoms with Crippen LogP contribution < -0.4 is 10.1 Å². The number of nitro benzene ring substituents is 1. The number of nitrogens with one attached hydrogen (secondary N) is 1. The highest BCUT2D eigenvalue weighted by Gasteiger charge is 2.23. The van der Waals surface area contributed by atoms with Crippen LogP contribution in [0.1, 0.15) is 6.42 Å². The van der Waals surface area contributed by atoms with Crippen LogP contribution in [-0.2, 0) is 0 Å². The molecule has 0 unspecified atom stereocenters. The third kappa shape index (κ3) is 2.80. The lowest BCUT2D eigenvalue weighted by atomic mass is 10.2. The van der Waals surface area contributed by atoms with Crippen LogP contribution in [0, 0.1) is 10.1 Å². The minimum atomic E-state index is -0.528. The van der Waals surface area contributed by atoms with Gasteiger partial charge in [-0.25, -0.2) is 0 Å². The molecule has 0 radical (unpaired) electrons. The van der Waals surface area contributed by atoms with Crippen LogP contribution in [0.4, 0.5) is 5.69 Å². The second-order valence-electron chi connectivity index (χ2n) is 3.72. The van der Waals surface area contributed by atoms with Crippen molar-refractivity contribution in [2.75, 3.05) is 13.1 Å². The maximum atomic E-state index is 10.9. The fraction of sp³-hybridized carbons (Fsp3) is 0.400. The Morgan fingerprint density at radius 3 is 2.71 bits per heavy atom. The highest BCUT2D eigenvalue weighted by Crippen LogP contribution is 2.36. The summed E-state index contributed by atoms with van der Waals surface area (Å²) in [5, 5.41) is 14.4. The summed E-state index contributed by atoms with van der Waals surface area (Å²) < 4.78 is 5.56. The molecule has 1 aliphatic heterocycles. The molecular formula is C10H10Cl2N2O3. The van der Waals surface area contributed by atoms with Crippen molar-refractivity contribution in [3.8, 4) is 5.75 Å². The third-order valence-electron chi connectivity index (χ3n) is 2.51. The maximum Gasteiger partial charge on any atom is 0.312 e. The minimum Gasteiger partial charge on any atom is -0.482 e. The zero-order valence-electron chi connectivity index (χ0n) is 8.78. The van der Waals surface area contributed by atoms with E-state index in [-0.39, 0.29) is 27.6 Å². The monoisotopic (exact) mass is 276 g/mol. The Balaban J connectivity index is 2.29. The summed E-state index contributed by atoms with van der Waals surface area (Å²) in [4.78, 5) is 10.3. The summed E-state index contributed by atoms with van der Waals surface area (Å²) in [5.41, 5.74) is -0.161. The molecule has 92 valence electrons. The smallest absolute Gasteiger partial charge is 0.312 e. The number of rotatable bonds is 3. The summed E-state index contributed by atoms with van der Waals surface area (Å²) in [6, 6.07) is 2.60. The molecule has 1 atom stereocenters. The summed E-state index contributed by atoms with van der Waals surface area (Å²) in [5.74, 6) is 0.165. The third-order valence-corrected chi connectivity index (χ3v) is 3.23. The van der Waals surface area contributed by atoms with E-state index in [1.807, 2.05) is 0 Å². The van der Waals surface area contributed by atoms with Crippen LogP contribution in [0.2, 0.25) is 10.0 Å². The van der Waals surface area contributed by atoms with Crippen molar-refractivity contribution in [1.29, 1.82) is 0 Å². The predicted octanol–water partition coefficient (Wildman–Crippen LogP) is 2.64. The molecule has 2 rings (SSSR count). The molecule has 0 saturated carbocycles. The first kappa shape index (κ1) is 12.4. The molecule has 0 aliphatic carbocycles. The number of hydrogen-bond acceptors (Lipinski definition) is 4. The molecule has 0 aromatic heterocycles.